The minimum atomic E-state index is -1.18. The molecule has 5 rings (SSSR count). The van der Waals surface area contributed by atoms with Crippen LogP contribution in [-0.2, 0) is 17.0 Å². The molecule has 0 amide bonds. The minimum Gasteiger partial charge on any atom is -0.458 e. The lowest BCUT2D eigenvalue weighted by Crippen LogP contribution is -2.36. The average Bonchev–Trinajstić information content (AvgIpc) is 2.77. The van der Waals surface area contributed by atoms with Crippen LogP contribution in [-0.4, -0.2) is 16.7 Å². The van der Waals surface area contributed by atoms with Gasteiger partial charge in [-0.25, -0.2) is 0 Å². The van der Waals surface area contributed by atoms with Gasteiger partial charge in [0.1, 0.15) is 5.75 Å². The molecule has 29 heavy (non-hydrogen) atoms. The number of ether oxygens (including phenoxy) is 1. The molecule has 1 aliphatic carbocycles. The lowest BCUT2D eigenvalue weighted by atomic mass is 9.94. The molecule has 4 nitrogen and oxygen atoms in total. The molecule has 0 saturated heterocycles. The number of Topliss-reactive ketones (excluding diaryl/α,β-unsaturated/α-hetero) is 1. The van der Waals surface area contributed by atoms with Gasteiger partial charge in [0.15, 0.2) is 0 Å². The number of carbonyl (C=O) groups is 2. The van der Waals surface area contributed by atoms with Gasteiger partial charge in [-0.05, 0) is 29.7 Å². The van der Waals surface area contributed by atoms with Gasteiger partial charge in [-0.1, -0.05) is 78.9 Å². The highest BCUT2D eigenvalue weighted by Crippen LogP contribution is 2.37. The zero-order valence-corrected chi connectivity index (χ0v) is 15.7. The van der Waals surface area contributed by atoms with Crippen LogP contribution in [0.1, 0.15) is 33.5 Å². The van der Waals surface area contributed by atoms with Gasteiger partial charge in [-0.15, -0.1) is 0 Å². The van der Waals surface area contributed by atoms with E-state index >= 15 is 0 Å². The maximum Gasteiger partial charge on any atom is 0.235 e. The number of hydrogen-bond donors (Lipinski definition) is 1. The van der Waals surface area contributed by atoms with Crippen LogP contribution in [0, 0.1) is 0 Å². The van der Waals surface area contributed by atoms with Gasteiger partial charge in [0.2, 0.25) is 17.4 Å². The van der Waals surface area contributed by atoms with E-state index in [4.69, 9.17) is 4.74 Å². The van der Waals surface area contributed by atoms with Crippen molar-refractivity contribution in [2.45, 2.75) is 18.6 Å². The molecule has 4 heteroatoms. The maximum absolute atomic E-state index is 11.2. The third kappa shape index (κ3) is 3.89. The molecular weight excluding hydrogens is 364 g/mol. The fraction of sp³-hybridized carbons (Fsp3) is 0.120. The Morgan fingerprint density at radius 2 is 1.48 bits per heavy atom. The van der Waals surface area contributed by atoms with E-state index in [0.29, 0.717) is 12.0 Å². The molecule has 0 spiro atoms. The molecule has 1 N–H and O–H groups in total. The largest absolute Gasteiger partial charge is 0.458 e. The monoisotopic (exact) mass is 384 g/mol. The molecule has 3 aromatic carbocycles. The first kappa shape index (κ1) is 18.8. The molecule has 0 saturated carbocycles. The van der Waals surface area contributed by atoms with Gasteiger partial charge < -0.3 is 9.84 Å². The molecule has 3 aromatic rings. The van der Waals surface area contributed by atoms with Gasteiger partial charge in [-0.3, -0.25) is 9.59 Å². The highest BCUT2D eigenvalue weighted by atomic mass is 16.6. The number of aryl methyl sites for hydroxylation is 1. The van der Waals surface area contributed by atoms with Crippen molar-refractivity contribution in [2.75, 3.05) is 0 Å². The van der Waals surface area contributed by atoms with Crippen molar-refractivity contribution in [3.8, 4) is 5.75 Å². The lowest BCUT2D eigenvalue weighted by molar-refractivity contribution is -0.158. The maximum atomic E-state index is 11.2. The van der Waals surface area contributed by atoms with E-state index in [2.05, 4.69) is 0 Å². The molecular formula is C25H20O4. The quantitative estimate of drug-likeness (QED) is 0.635. The van der Waals surface area contributed by atoms with Crippen LogP contribution >= 0.6 is 0 Å². The van der Waals surface area contributed by atoms with Gasteiger partial charge in [0.05, 0.1) is 0 Å². The van der Waals surface area contributed by atoms with Crippen molar-refractivity contribution in [2.24, 2.45) is 0 Å². The summed E-state index contributed by atoms with van der Waals surface area (Å²) in [5, 5.41) is 10.6. The number of fused-ring (bicyclic) bond motifs is 2. The normalized spacial score (nSPS) is 19.3. The molecule has 2 aliphatic rings. The highest BCUT2D eigenvalue weighted by molar-refractivity contribution is 6.49. The van der Waals surface area contributed by atoms with Crippen molar-refractivity contribution < 1.29 is 19.4 Å². The zero-order chi connectivity index (χ0) is 20.3. The van der Waals surface area contributed by atoms with Gasteiger partial charge in [0.25, 0.3) is 0 Å². The summed E-state index contributed by atoms with van der Waals surface area (Å²) in [6, 6.07) is 24.5. The average molecular weight is 384 g/mol. The number of rotatable bonds is 1. The van der Waals surface area contributed by atoms with E-state index in [9.17, 15) is 14.7 Å². The fourth-order valence-electron chi connectivity index (χ4n) is 3.47. The number of ketones is 2. The summed E-state index contributed by atoms with van der Waals surface area (Å²) < 4.78 is 5.76. The Labute approximate surface area is 169 Å². The van der Waals surface area contributed by atoms with Gasteiger partial charge >= 0.3 is 0 Å². The fourth-order valence-corrected chi connectivity index (χ4v) is 3.47. The minimum absolute atomic E-state index is 0.409. The first-order chi connectivity index (χ1) is 14.1. The summed E-state index contributed by atoms with van der Waals surface area (Å²) >= 11 is 0. The smallest absolute Gasteiger partial charge is 0.235 e. The summed E-state index contributed by atoms with van der Waals surface area (Å²) in [5.41, 5.74) is 3.30. The van der Waals surface area contributed by atoms with Crippen molar-refractivity contribution in [1.29, 1.82) is 0 Å². The van der Waals surface area contributed by atoms with Gasteiger partial charge in [-0.2, -0.15) is 0 Å². The SMILES string of the molecule is O=C1C=Cc2ccccc2C1=O.OC1(c2ccccc2)CCc2ccccc2O1. The standard InChI is InChI=1S/C15H14O2.C10H6O2/c16-15(13-7-2-1-3-8-13)11-10-12-6-4-5-9-14(12)17-15;11-9-6-5-7-3-1-2-4-8(7)10(9)12/h1-9,16H,10-11H2;1-6H. The van der Waals surface area contributed by atoms with E-state index in [1.165, 1.54) is 6.08 Å². The predicted octanol–water partition coefficient (Wildman–Crippen LogP) is 4.32. The first-order valence-electron chi connectivity index (χ1n) is 9.47. The number of aliphatic hydroxyl groups is 1. The van der Waals surface area contributed by atoms with E-state index in [0.717, 1.165) is 28.9 Å². The molecule has 0 bridgehead atoms. The Morgan fingerprint density at radius 1 is 0.793 bits per heavy atom. The third-order valence-electron chi connectivity index (χ3n) is 5.05. The van der Waals surface area contributed by atoms with E-state index in [1.807, 2.05) is 66.7 Å². The second-order valence-corrected chi connectivity index (χ2v) is 6.97. The van der Waals surface area contributed by atoms with Crippen LogP contribution < -0.4 is 4.74 Å². The summed E-state index contributed by atoms with van der Waals surface area (Å²) in [6.45, 7) is 0. The summed E-state index contributed by atoms with van der Waals surface area (Å²) in [5.74, 6) is -1.25. The van der Waals surface area contributed by atoms with Crippen molar-refractivity contribution in [3.05, 3.63) is 107 Å². The van der Waals surface area contributed by atoms with E-state index < -0.39 is 17.4 Å². The molecule has 144 valence electrons. The Morgan fingerprint density at radius 3 is 2.31 bits per heavy atom. The Bertz CT molecular complexity index is 1080. The number of allylic oxidation sites excluding steroid dienone is 1. The third-order valence-corrected chi connectivity index (χ3v) is 5.05. The second-order valence-electron chi connectivity index (χ2n) is 6.97. The number of hydrogen-bond acceptors (Lipinski definition) is 4. The van der Waals surface area contributed by atoms with Crippen LogP contribution in [0.15, 0.2) is 84.9 Å². The first-order valence-corrected chi connectivity index (χ1v) is 9.47. The Hall–Kier alpha value is -3.50. The Balaban J connectivity index is 0.000000150. The Kier molecular flexibility index (Phi) is 5.10. The molecule has 1 atom stereocenters. The van der Waals surface area contributed by atoms with E-state index in [1.54, 1.807) is 18.2 Å². The van der Waals surface area contributed by atoms with Crippen molar-refractivity contribution in [3.63, 3.8) is 0 Å². The van der Waals surface area contributed by atoms with Crippen LogP contribution in [0.4, 0.5) is 0 Å². The van der Waals surface area contributed by atoms with Crippen LogP contribution in [0.5, 0.6) is 5.75 Å². The number of para-hydroxylation sites is 1. The van der Waals surface area contributed by atoms with E-state index in [-0.39, 0.29) is 0 Å². The highest BCUT2D eigenvalue weighted by Gasteiger charge is 2.35. The van der Waals surface area contributed by atoms with Gasteiger partial charge in [0, 0.05) is 17.5 Å². The molecule has 0 fully saturated rings. The van der Waals surface area contributed by atoms with Crippen molar-refractivity contribution in [1.82, 2.24) is 0 Å². The van der Waals surface area contributed by atoms with Crippen LogP contribution in [0.3, 0.4) is 0 Å². The molecule has 1 heterocycles. The van der Waals surface area contributed by atoms with Crippen LogP contribution in [0.2, 0.25) is 0 Å². The number of benzene rings is 3. The number of carbonyl (C=O) groups excluding carboxylic acids is 2. The zero-order valence-electron chi connectivity index (χ0n) is 15.7. The van der Waals surface area contributed by atoms with Crippen LogP contribution in [0.25, 0.3) is 6.08 Å². The predicted molar refractivity (Wildman–Crippen MR) is 111 cm³/mol. The summed E-state index contributed by atoms with van der Waals surface area (Å²) in [4.78, 5) is 22.1. The molecule has 0 aromatic heterocycles. The topological polar surface area (TPSA) is 63.6 Å². The molecule has 1 unspecified atom stereocenters. The lowest BCUT2D eigenvalue weighted by Gasteiger charge is -2.34. The molecule has 0 radical (unpaired) electrons. The molecule has 1 aliphatic heterocycles. The summed E-state index contributed by atoms with van der Waals surface area (Å²) in [6.07, 6.45) is 4.40. The summed E-state index contributed by atoms with van der Waals surface area (Å²) in [7, 11) is 0. The van der Waals surface area contributed by atoms with Crippen molar-refractivity contribution >= 4 is 17.6 Å². The second kappa shape index (κ2) is 7.86.